The second-order valence-electron chi connectivity index (χ2n) is 10.1. The second kappa shape index (κ2) is 12.9. The Bertz CT molecular complexity index is 1200. The lowest BCUT2D eigenvalue weighted by atomic mass is 9.80. The van der Waals surface area contributed by atoms with E-state index in [1.54, 1.807) is 0 Å². The van der Waals surface area contributed by atoms with Gasteiger partial charge in [0, 0.05) is 0 Å². The molecule has 37 heavy (non-hydrogen) atoms. The quantitative estimate of drug-likeness (QED) is 0.271. The lowest BCUT2D eigenvalue weighted by molar-refractivity contribution is -0.139. The Hall–Kier alpha value is -3.17. The van der Waals surface area contributed by atoms with Gasteiger partial charge in [-0.2, -0.15) is 0 Å². The number of esters is 1. The van der Waals surface area contributed by atoms with Crippen LogP contribution in [0.4, 0.5) is 0 Å². The number of rotatable bonds is 11. The van der Waals surface area contributed by atoms with Crippen LogP contribution in [-0.2, 0) is 16.0 Å². The zero-order chi connectivity index (χ0) is 27.0. The molecule has 0 radical (unpaired) electrons. The molecular formula is C34H42O3. The summed E-state index contributed by atoms with van der Waals surface area (Å²) in [5, 5.41) is 10.6. The van der Waals surface area contributed by atoms with Crippen LogP contribution in [-0.4, -0.2) is 23.8 Å². The van der Waals surface area contributed by atoms with Crippen molar-refractivity contribution in [1.82, 2.24) is 0 Å². The molecule has 0 bridgehead atoms. The van der Waals surface area contributed by atoms with E-state index >= 15 is 0 Å². The number of ether oxygens (including phenoxy) is 1. The lowest BCUT2D eigenvalue weighted by Crippen LogP contribution is -2.22. The van der Waals surface area contributed by atoms with Crippen molar-refractivity contribution in [2.24, 2.45) is 0 Å². The smallest absolute Gasteiger partial charge is 0.309 e. The van der Waals surface area contributed by atoms with Gasteiger partial charge in [-0.25, -0.2) is 0 Å². The number of aliphatic hydroxyl groups is 1. The van der Waals surface area contributed by atoms with Gasteiger partial charge in [0.25, 0.3) is 0 Å². The third kappa shape index (κ3) is 7.20. The van der Waals surface area contributed by atoms with Crippen molar-refractivity contribution in [3.63, 3.8) is 0 Å². The molecule has 2 unspecified atom stereocenters. The fraction of sp³-hybridized carbons (Fsp3) is 0.382. The van der Waals surface area contributed by atoms with Crippen LogP contribution in [0.5, 0.6) is 0 Å². The third-order valence-corrected chi connectivity index (χ3v) is 7.84. The molecule has 0 aliphatic carbocycles. The number of aryl methyl sites for hydroxylation is 1. The fourth-order valence-electron chi connectivity index (χ4n) is 5.03. The van der Waals surface area contributed by atoms with E-state index < -0.39 is 5.60 Å². The highest BCUT2D eigenvalue weighted by Gasteiger charge is 2.21. The maximum Gasteiger partial charge on any atom is 0.309 e. The van der Waals surface area contributed by atoms with Crippen molar-refractivity contribution >= 4 is 12.0 Å². The van der Waals surface area contributed by atoms with Gasteiger partial charge in [-0.3, -0.25) is 4.79 Å². The largest absolute Gasteiger partial charge is 0.469 e. The van der Waals surface area contributed by atoms with Crippen LogP contribution >= 0.6 is 0 Å². The second-order valence-corrected chi connectivity index (χ2v) is 10.1. The first-order valence-corrected chi connectivity index (χ1v) is 13.5. The van der Waals surface area contributed by atoms with Crippen molar-refractivity contribution in [1.29, 1.82) is 0 Å². The van der Waals surface area contributed by atoms with Crippen molar-refractivity contribution < 1.29 is 14.6 Å². The Morgan fingerprint density at radius 1 is 0.946 bits per heavy atom. The van der Waals surface area contributed by atoms with Crippen molar-refractivity contribution in [3.05, 3.63) is 101 Å². The van der Waals surface area contributed by atoms with Gasteiger partial charge in [-0.15, -0.1) is 0 Å². The third-order valence-electron chi connectivity index (χ3n) is 7.84. The Labute approximate surface area is 223 Å². The van der Waals surface area contributed by atoms with Gasteiger partial charge in [0.05, 0.1) is 19.1 Å². The summed E-state index contributed by atoms with van der Waals surface area (Å²) in [5.74, 6) is 0.556. The van der Waals surface area contributed by atoms with E-state index in [4.69, 9.17) is 4.74 Å². The average molecular weight is 499 g/mol. The number of methoxy groups -OCH3 is 1. The van der Waals surface area contributed by atoms with Gasteiger partial charge >= 0.3 is 5.97 Å². The number of carbonyl (C=O) groups is 1. The van der Waals surface area contributed by atoms with Crippen LogP contribution in [0.15, 0.2) is 72.8 Å². The van der Waals surface area contributed by atoms with E-state index in [1.165, 1.54) is 23.8 Å². The molecule has 0 fully saturated rings. The predicted molar refractivity (Wildman–Crippen MR) is 155 cm³/mol. The normalized spacial score (nSPS) is 13.5. The van der Waals surface area contributed by atoms with Crippen molar-refractivity contribution in [3.8, 4) is 11.1 Å². The molecule has 0 aromatic heterocycles. The molecule has 0 saturated carbocycles. The van der Waals surface area contributed by atoms with E-state index in [-0.39, 0.29) is 12.4 Å². The molecule has 3 heteroatoms. The molecule has 0 heterocycles. The van der Waals surface area contributed by atoms with Crippen LogP contribution < -0.4 is 0 Å². The number of carbonyl (C=O) groups excluding carboxylic acids is 1. The summed E-state index contributed by atoms with van der Waals surface area (Å²) in [4.78, 5) is 11.7. The van der Waals surface area contributed by atoms with Gasteiger partial charge in [0.2, 0.25) is 0 Å². The first-order valence-electron chi connectivity index (χ1n) is 13.5. The van der Waals surface area contributed by atoms with Gasteiger partial charge in [-0.1, -0.05) is 107 Å². The molecule has 3 rings (SSSR count). The SMILES string of the molecule is CCC(c1ccc(-c2cccc(CC(=O)OC)c2)cc1)C(C)c1ccc(C=CC(O)(CC)CC)c(C)c1. The Morgan fingerprint density at radius 3 is 2.22 bits per heavy atom. The molecule has 3 aromatic carbocycles. The molecule has 0 amide bonds. The summed E-state index contributed by atoms with van der Waals surface area (Å²) < 4.78 is 4.81. The summed E-state index contributed by atoms with van der Waals surface area (Å²) in [5.41, 5.74) is 7.52. The van der Waals surface area contributed by atoms with Crippen LogP contribution in [0.3, 0.4) is 0 Å². The monoisotopic (exact) mass is 498 g/mol. The predicted octanol–water partition coefficient (Wildman–Crippen LogP) is 8.24. The molecule has 3 nitrogen and oxygen atoms in total. The van der Waals surface area contributed by atoms with Gasteiger partial charge in [0.15, 0.2) is 0 Å². The van der Waals surface area contributed by atoms with Gasteiger partial charge in [0.1, 0.15) is 0 Å². The molecule has 0 aliphatic heterocycles. The summed E-state index contributed by atoms with van der Waals surface area (Å²) >= 11 is 0. The summed E-state index contributed by atoms with van der Waals surface area (Å²) in [7, 11) is 1.42. The minimum absolute atomic E-state index is 0.227. The van der Waals surface area contributed by atoms with Crippen LogP contribution in [0.1, 0.15) is 86.6 Å². The molecule has 0 saturated heterocycles. The highest BCUT2D eigenvalue weighted by molar-refractivity contribution is 5.74. The van der Waals surface area contributed by atoms with E-state index in [9.17, 15) is 9.90 Å². The maximum atomic E-state index is 11.7. The number of benzene rings is 3. The summed E-state index contributed by atoms with van der Waals surface area (Å²) in [6.45, 7) is 10.8. The summed E-state index contributed by atoms with van der Waals surface area (Å²) in [6.07, 6.45) is 6.76. The highest BCUT2D eigenvalue weighted by Crippen LogP contribution is 2.37. The van der Waals surface area contributed by atoms with E-state index in [2.05, 4.69) is 81.4 Å². The van der Waals surface area contributed by atoms with Crippen LogP contribution in [0.25, 0.3) is 17.2 Å². The molecule has 0 spiro atoms. The van der Waals surface area contributed by atoms with E-state index in [1.807, 2.05) is 32.1 Å². The molecule has 3 aromatic rings. The minimum atomic E-state index is -0.736. The molecule has 196 valence electrons. The van der Waals surface area contributed by atoms with Crippen molar-refractivity contribution in [2.45, 2.75) is 77.7 Å². The molecule has 0 aliphatic rings. The molecule has 1 N–H and O–H groups in total. The van der Waals surface area contributed by atoms with Crippen LogP contribution in [0, 0.1) is 6.92 Å². The van der Waals surface area contributed by atoms with Gasteiger partial charge in [-0.05, 0) is 77.0 Å². The standard InChI is InChI=1S/C34H42O3/c1-7-32(25(5)30-18-13-27(24(4)21-30)19-20-34(36,8-2)9-3)29-16-14-28(15-17-29)31-12-10-11-26(22-31)23-33(35)37-6/h10-22,25,32,36H,7-9,23H2,1-6H3. The molecule has 2 atom stereocenters. The maximum absolute atomic E-state index is 11.7. The number of hydrogen-bond acceptors (Lipinski definition) is 3. The van der Waals surface area contributed by atoms with Crippen molar-refractivity contribution in [2.75, 3.05) is 7.11 Å². The molecular weight excluding hydrogens is 456 g/mol. The zero-order valence-electron chi connectivity index (χ0n) is 23.3. The zero-order valence-corrected chi connectivity index (χ0v) is 23.3. The highest BCUT2D eigenvalue weighted by atomic mass is 16.5. The topological polar surface area (TPSA) is 46.5 Å². The van der Waals surface area contributed by atoms with E-state index in [0.29, 0.717) is 24.7 Å². The Kier molecular flexibility index (Phi) is 9.88. The first kappa shape index (κ1) is 28.4. The number of hydrogen-bond donors (Lipinski definition) is 1. The minimum Gasteiger partial charge on any atom is -0.469 e. The Balaban J connectivity index is 1.78. The lowest BCUT2D eigenvalue weighted by Gasteiger charge is -2.25. The summed E-state index contributed by atoms with van der Waals surface area (Å²) in [6, 6.07) is 23.7. The van der Waals surface area contributed by atoms with Crippen LogP contribution in [0.2, 0.25) is 0 Å². The Morgan fingerprint density at radius 2 is 1.62 bits per heavy atom. The fourth-order valence-corrected chi connectivity index (χ4v) is 5.03. The van der Waals surface area contributed by atoms with Gasteiger partial charge < -0.3 is 9.84 Å². The first-order chi connectivity index (χ1) is 17.7. The average Bonchev–Trinajstić information content (AvgIpc) is 2.93. The van der Waals surface area contributed by atoms with E-state index in [0.717, 1.165) is 28.7 Å².